The van der Waals surface area contributed by atoms with Crippen LogP contribution in [0.2, 0.25) is 0 Å². The summed E-state index contributed by atoms with van der Waals surface area (Å²) in [6.07, 6.45) is 0. The molecule has 2 nitrogen and oxygen atoms in total. The first-order chi connectivity index (χ1) is 11.4. The Morgan fingerprint density at radius 2 is 0.958 bits per heavy atom. The van der Waals surface area contributed by atoms with Crippen molar-refractivity contribution in [2.24, 2.45) is 0 Å². The van der Waals surface area contributed by atoms with Crippen LogP contribution in [0.5, 0.6) is 0 Å². The van der Waals surface area contributed by atoms with Crippen LogP contribution in [0.25, 0.3) is 0 Å². The predicted octanol–water partition coefficient (Wildman–Crippen LogP) is 2.21. The van der Waals surface area contributed by atoms with Gasteiger partial charge < -0.3 is 0 Å². The summed E-state index contributed by atoms with van der Waals surface area (Å²) in [5.41, 5.74) is 2.98. The molecule has 0 saturated carbocycles. The molecule has 0 bridgehead atoms. The van der Waals surface area contributed by atoms with Gasteiger partial charge in [0, 0.05) is 0 Å². The fourth-order valence-electron chi connectivity index (χ4n) is 2.45. The molecule has 0 radical (unpaired) electrons. The van der Waals surface area contributed by atoms with Crippen molar-refractivity contribution in [2.45, 2.75) is 25.9 Å². The van der Waals surface area contributed by atoms with Crippen LogP contribution in [0.15, 0.2) is 48.5 Å². The summed E-state index contributed by atoms with van der Waals surface area (Å²) in [5.74, 6) is 0. The van der Waals surface area contributed by atoms with Crippen molar-refractivity contribution in [3.8, 4) is 0 Å². The van der Waals surface area contributed by atoms with Crippen molar-refractivity contribution in [3.63, 3.8) is 0 Å². The Morgan fingerprint density at radius 3 is 1.29 bits per heavy atom. The fraction of sp³-hybridized carbons (Fsp3) is 0.400. The van der Waals surface area contributed by atoms with Gasteiger partial charge in [-0.1, -0.05) is 0 Å². The van der Waals surface area contributed by atoms with Gasteiger partial charge in [-0.3, -0.25) is 0 Å². The quantitative estimate of drug-likeness (QED) is 0.593. The van der Waals surface area contributed by atoms with Crippen LogP contribution in [0.1, 0.15) is 37.1 Å². The van der Waals surface area contributed by atoms with E-state index >= 15 is 0 Å². The van der Waals surface area contributed by atoms with E-state index in [4.69, 9.17) is 0 Å². The van der Waals surface area contributed by atoms with Crippen LogP contribution < -0.4 is 8.92 Å². The Morgan fingerprint density at radius 1 is 0.625 bits per heavy atom. The zero-order valence-electron chi connectivity index (χ0n) is 15.5. The number of hydrogen-bond acceptors (Lipinski definition) is 2. The minimum absolute atomic E-state index is 0.467. The molecule has 0 heterocycles. The topological polar surface area (TPSA) is 6.48 Å². The van der Waals surface area contributed by atoms with Gasteiger partial charge in [0.15, 0.2) is 0 Å². The first kappa shape index (κ1) is 19.7. The van der Waals surface area contributed by atoms with Crippen molar-refractivity contribution >= 4 is 35.2 Å². The summed E-state index contributed by atoms with van der Waals surface area (Å²) in [6, 6.07) is 18.9. The van der Waals surface area contributed by atoms with Crippen LogP contribution in [-0.2, 0) is 0 Å². The molecule has 0 aliphatic carbocycles. The molecule has 0 aliphatic rings. The Bertz CT molecular complexity index is 598. The van der Waals surface area contributed by atoms with E-state index in [-0.39, 0.29) is 0 Å². The summed E-state index contributed by atoms with van der Waals surface area (Å²) < 4.78 is 3.11. The van der Waals surface area contributed by atoms with Crippen LogP contribution in [0, 0.1) is 0 Å². The van der Waals surface area contributed by atoms with Gasteiger partial charge in [-0.05, 0) is 0 Å². The van der Waals surface area contributed by atoms with Crippen LogP contribution >= 0.6 is 0 Å². The number of benzene rings is 2. The first-order valence-electron chi connectivity index (χ1n) is 8.27. The Kier molecular flexibility index (Phi) is 7.56. The molecule has 0 fully saturated rings. The molecule has 0 aromatic heterocycles. The van der Waals surface area contributed by atoms with E-state index in [2.05, 4.69) is 100 Å². The summed E-state index contributed by atoms with van der Waals surface area (Å²) >= 11 is 1.02. The second-order valence-electron chi connectivity index (χ2n) is 6.52. The van der Waals surface area contributed by atoms with Gasteiger partial charge in [-0.15, -0.1) is 0 Å². The van der Waals surface area contributed by atoms with Crippen LogP contribution in [0.4, 0.5) is 0 Å². The number of nitrogens with zero attached hydrogens (tertiary/aromatic N) is 2. The molecule has 0 aliphatic heterocycles. The summed E-state index contributed by atoms with van der Waals surface area (Å²) in [6.45, 7) is 4.59. The van der Waals surface area contributed by atoms with Crippen molar-refractivity contribution in [1.29, 1.82) is 0 Å². The zero-order chi connectivity index (χ0) is 17.7. The molecule has 2 aromatic carbocycles. The second kappa shape index (κ2) is 9.19. The first-order valence-corrected chi connectivity index (χ1v) is 14.3. The third-order valence-corrected chi connectivity index (χ3v) is 11.8. The Labute approximate surface area is 158 Å². The molecule has 4 heteroatoms. The van der Waals surface area contributed by atoms with Gasteiger partial charge in [-0.25, -0.2) is 0 Å². The summed E-state index contributed by atoms with van der Waals surface area (Å²) in [4.78, 5) is 4.59. The third kappa shape index (κ3) is 4.95. The average molecular weight is 454 g/mol. The zero-order valence-corrected chi connectivity index (χ0v) is 18.9. The van der Waals surface area contributed by atoms with E-state index in [0.29, 0.717) is 38.3 Å². The average Bonchev–Trinajstić information content (AvgIpc) is 2.59. The maximum absolute atomic E-state index is 2.33. The van der Waals surface area contributed by atoms with Crippen molar-refractivity contribution in [2.75, 3.05) is 28.2 Å². The molecule has 130 valence electrons. The van der Waals surface area contributed by atoms with Gasteiger partial charge in [0.2, 0.25) is 0 Å². The maximum atomic E-state index is 2.33. The van der Waals surface area contributed by atoms with Crippen molar-refractivity contribution in [1.82, 2.24) is 9.80 Å². The van der Waals surface area contributed by atoms with Crippen LogP contribution in [-0.4, -0.2) is 64.3 Å². The van der Waals surface area contributed by atoms with Gasteiger partial charge in [-0.2, -0.15) is 0 Å². The second-order valence-corrected chi connectivity index (χ2v) is 12.7. The summed E-state index contributed by atoms with van der Waals surface area (Å²) in [7, 11) is 8.64. The van der Waals surface area contributed by atoms with Gasteiger partial charge >= 0.3 is 159 Å². The predicted molar refractivity (Wildman–Crippen MR) is 108 cm³/mol. The van der Waals surface area contributed by atoms with Gasteiger partial charge in [0.1, 0.15) is 0 Å². The van der Waals surface area contributed by atoms with Crippen LogP contribution in [0.3, 0.4) is 0 Å². The third-order valence-electron chi connectivity index (χ3n) is 4.51. The Balaban J connectivity index is 2.21. The molecule has 0 saturated heterocycles. The molecule has 0 unspecified atom stereocenters. The molecule has 2 rings (SSSR count). The normalized spacial score (nSPS) is 14.2. The van der Waals surface area contributed by atoms with E-state index in [0.717, 1.165) is 0 Å². The molecule has 0 spiro atoms. The fourth-order valence-corrected chi connectivity index (χ4v) is 10.1. The molecule has 24 heavy (non-hydrogen) atoms. The SMILES string of the molecule is C[C@H](c1ccccc1[Se][Se]c1ccccc1[C@@H](C)N(C)C)N(C)C. The molecular weight excluding hydrogens is 426 g/mol. The standard InChI is InChI=1S/C20H28N2Se2/c1-15(21(3)4)17-11-7-9-13-19(17)23-24-20-14-10-8-12-18(20)16(2)22(5)6/h7-16H,1-6H3/t15-,16-/m1/s1. The van der Waals surface area contributed by atoms with E-state index in [9.17, 15) is 0 Å². The van der Waals surface area contributed by atoms with E-state index in [1.54, 1.807) is 8.92 Å². The minimum atomic E-state index is 0.467. The van der Waals surface area contributed by atoms with E-state index in [1.807, 2.05) is 0 Å². The molecule has 0 amide bonds. The molecular formula is C20H28N2Se2. The Hall–Kier alpha value is -0.601. The molecule has 2 atom stereocenters. The molecule has 0 N–H and O–H groups in total. The van der Waals surface area contributed by atoms with E-state index in [1.165, 1.54) is 11.1 Å². The number of hydrogen-bond donors (Lipinski definition) is 0. The summed E-state index contributed by atoms with van der Waals surface area (Å²) in [5, 5.41) is 0. The number of rotatable bonds is 7. The van der Waals surface area contributed by atoms with Gasteiger partial charge in [0.05, 0.1) is 0 Å². The van der Waals surface area contributed by atoms with Crippen molar-refractivity contribution in [3.05, 3.63) is 59.7 Å². The monoisotopic (exact) mass is 456 g/mol. The van der Waals surface area contributed by atoms with E-state index < -0.39 is 0 Å². The van der Waals surface area contributed by atoms with Gasteiger partial charge in [0.25, 0.3) is 0 Å². The molecule has 2 aromatic rings. The van der Waals surface area contributed by atoms with Crippen molar-refractivity contribution < 1.29 is 0 Å².